The molecule has 1 aromatic heterocycles. The van der Waals surface area contributed by atoms with E-state index < -0.39 is 0 Å². The van der Waals surface area contributed by atoms with Crippen molar-refractivity contribution in [2.45, 2.75) is 32.9 Å². The van der Waals surface area contributed by atoms with Crippen molar-refractivity contribution in [2.75, 3.05) is 6.61 Å². The van der Waals surface area contributed by atoms with E-state index in [-0.39, 0.29) is 18.6 Å². The van der Waals surface area contributed by atoms with E-state index in [1.165, 1.54) is 4.88 Å². The Morgan fingerprint density at radius 3 is 2.61 bits per heavy atom. The zero-order valence-electron chi connectivity index (χ0n) is 16.1. The normalized spacial score (nSPS) is 11.8. The largest absolute Gasteiger partial charge is 0.483 e. The van der Waals surface area contributed by atoms with E-state index in [0.717, 1.165) is 17.5 Å². The number of hydrogen-bond donors (Lipinski definition) is 0. The lowest BCUT2D eigenvalue weighted by molar-refractivity contribution is -0.136. The highest BCUT2D eigenvalue weighted by Crippen LogP contribution is 2.22. The minimum absolute atomic E-state index is 0.00405. The second-order valence-electron chi connectivity index (χ2n) is 6.84. The third kappa shape index (κ3) is 5.60. The summed E-state index contributed by atoms with van der Waals surface area (Å²) in [6, 6.07) is 19.7. The summed E-state index contributed by atoms with van der Waals surface area (Å²) >= 11 is 7.72. The molecule has 1 unspecified atom stereocenters. The van der Waals surface area contributed by atoms with Crippen LogP contribution in [0.4, 0.5) is 0 Å². The van der Waals surface area contributed by atoms with Gasteiger partial charge in [-0.2, -0.15) is 0 Å². The van der Waals surface area contributed by atoms with Gasteiger partial charge in [0.1, 0.15) is 5.75 Å². The van der Waals surface area contributed by atoms with Gasteiger partial charge in [-0.15, -0.1) is 11.3 Å². The molecule has 5 heteroatoms. The van der Waals surface area contributed by atoms with Crippen molar-refractivity contribution in [2.24, 2.45) is 0 Å². The van der Waals surface area contributed by atoms with Crippen molar-refractivity contribution in [3.63, 3.8) is 0 Å². The molecule has 0 spiro atoms. The maximum Gasteiger partial charge on any atom is 0.261 e. The Morgan fingerprint density at radius 1 is 1.14 bits per heavy atom. The summed E-state index contributed by atoms with van der Waals surface area (Å²) in [5.74, 6) is 0.658. The lowest BCUT2D eigenvalue weighted by Crippen LogP contribution is -2.41. The summed E-state index contributed by atoms with van der Waals surface area (Å²) in [4.78, 5) is 16.2. The predicted molar refractivity (Wildman–Crippen MR) is 116 cm³/mol. The van der Waals surface area contributed by atoms with Gasteiger partial charge in [-0.25, -0.2) is 0 Å². The van der Waals surface area contributed by atoms with Crippen LogP contribution < -0.4 is 4.74 Å². The Kier molecular flexibility index (Phi) is 7.12. The number of hydrogen-bond acceptors (Lipinski definition) is 3. The van der Waals surface area contributed by atoms with Gasteiger partial charge in [0.05, 0.1) is 0 Å². The van der Waals surface area contributed by atoms with Gasteiger partial charge in [-0.3, -0.25) is 4.79 Å². The van der Waals surface area contributed by atoms with Crippen LogP contribution in [0.5, 0.6) is 5.75 Å². The number of carbonyl (C=O) groups is 1. The van der Waals surface area contributed by atoms with Crippen molar-refractivity contribution < 1.29 is 9.53 Å². The molecule has 3 rings (SSSR count). The van der Waals surface area contributed by atoms with Crippen LogP contribution in [-0.2, 0) is 17.8 Å². The zero-order valence-corrected chi connectivity index (χ0v) is 17.7. The Labute approximate surface area is 175 Å². The maximum atomic E-state index is 13.0. The molecule has 3 nitrogen and oxygen atoms in total. The van der Waals surface area contributed by atoms with Crippen LogP contribution in [0, 0.1) is 6.92 Å². The summed E-state index contributed by atoms with van der Waals surface area (Å²) in [6.07, 6.45) is 0.830. The first-order valence-electron chi connectivity index (χ1n) is 9.27. The number of rotatable bonds is 8. The van der Waals surface area contributed by atoms with E-state index >= 15 is 0 Å². The first-order valence-corrected chi connectivity index (χ1v) is 10.5. The molecular formula is C23H24ClNO2S. The molecule has 0 saturated carbocycles. The summed E-state index contributed by atoms with van der Waals surface area (Å²) in [5, 5.41) is 2.73. The molecule has 1 amide bonds. The van der Waals surface area contributed by atoms with Crippen LogP contribution in [-0.4, -0.2) is 23.5 Å². The minimum Gasteiger partial charge on any atom is -0.483 e. The minimum atomic E-state index is -0.0257. The Morgan fingerprint density at radius 2 is 1.93 bits per heavy atom. The first-order chi connectivity index (χ1) is 13.5. The Bertz CT molecular complexity index is 896. The van der Waals surface area contributed by atoms with Gasteiger partial charge in [0.15, 0.2) is 6.61 Å². The van der Waals surface area contributed by atoms with Crippen LogP contribution in [0.3, 0.4) is 0 Å². The molecule has 1 atom stereocenters. The van der Waals surface area contributed by atoms with E-state index in [2.05, 4.69) is 18.4 Å². The van der Waals surface area contributed by atoms with E-state index in [0.29, 0.717) is 17.3 Å². The number of carbonyl (C=O) groups excluding carboxylic acids is 1. The van der Waals surface area contributed by atoms with E-state index in [9.17, 15) is 4.79 Å². The third-order valence-corrected chi connectivity index (χ3v) is 5.75. The van der Waals surface area contributed by atoms with E-state index in [4.69, 9.17) is 16.3 Å². The molecule has 2 aromatic carbocycles. The summed E-state index contributed by atoms with van der Waals surface area (Å²) in [7, 11) is 0. The molecule has 28 heavy (non-hydrogen) atoms. The average Bonchev–Trinajstić information content (AvgIpc) is 3.19. The highest BCUT2D eigenvalue weighted by molar-refractivity contribution is 7.09. The second kappa shape index (κ2) is 9.76. The highest BCUT2D eigenvalue weighted by Gasteiger charge is 2.22. The van der Waals surface area contributed by atoms with E-state index in [1.807, 2.05) is 60.4 Å². The molecule has 0 aliphatic heterocycles. The summed E-state index contributed by atoms with van der Waals surface area (Å²) in [5.41, 5.74) is 2.03. The lowest BCUT2D eigenvalue weighted by Gasteiger charge is -2.29. The van der Waals surface area contributed by atoms with Crippen molar-refractivity contribution >= 4 is 28.8 Å². The number of amides is 1. The van der Waals surface area contributed by atoms with Gasteiger partial charge in [0.25, 0.3) is 5.91 Å². The van der Waals surface area contributed by atoms with Crippen LogP contribution in [0.2, 0.25) is 5.02 Å². The third-order valence-electron chi connectivity index (χ3n) is 4.61. The van der Waals surface area contributed by atoms with Gasteiger partial charge in [0, 0.05) is 28.9 Å². The van der Waals surface area contributed by atoms with Crippen molar-refractivity contribution in [1.82, 2.24) is 4.90 Å². The van der Waals surface area contributed by atoms with Crippen molar-refractivity contribution in [3.05, 3.63) is 87.1 Å². The smallest absolute Gasteiger partial charge is 0.261 e. The van der Waals surface area contributed by atoms with Crippen molar-refractivity contribution in [3.8, 4) is 5.75 Å². The van der Waals surface area contributed by atoms with Gasteiger partial charge in [-0.1, -0.05) is 48.0 Å². The fourth-order valence-electron chi connectivity index (χ4n) is 3.10. The van der Waals surface area contributed by atoms with Gasteiger partial charge >= 0.3 is 0 Å². The highest BCUT2D eigenvalue weighted by atomic mass is 35.5. The first kappa shape index (κ1) is 20.4. The fraction of sp³-hybridized carbons (Fsp3) is 0.261. The van der Waals surface area contributed by atoms with Crippen LogP contribution >= 0.6 is 22.9 Å². The number of ether oxygens (including phenoxy) is 1. The SMILES string of the molecule is Cc1cc(Cl)ccc1OCC(=O)N(Cc1ccccc1)C(C)Cc1cccs1. The number of halogens is 1. The molecule has 1 heterocycles. The molecule has 0 fully saturated rings. The number of aryl methyl sites for hydroxylation is 1. The van der Waals surface area contributed by atoms with Crippen LogP contribution in [0.15, 0.2) is 66.0 Å². The number of benzene rings is 2. The number of nitrogens with zero attached hydrogens (tertiary/aromatic N) is 1. The maximum absolute atomic E-state index is 13.0. The summed E-state index contributed by atoms with van der Waals surface area (Å²) < 4.78 is 5.81. The molecule has 0 aliphatic rings. The molecule has 146 valence electrons. The average molecular weight is 414 g/mol. The Balaban J connectivity index is 1.71. The number of thiophene rings is 1. The van der Waals surface area contributed by atoms with E-state index in [1.54, 1.807) is 17.4 Å². The van der Waals surface area contributed by atoms with Crippen LogP contribution in [0.25, 0.3) is 0 Å². The monoisotopic (exact) mass is 413 g/mol. The lowest BCUT2D eigenvalue weighted by atomic mass is 10.1. The topological polar surface area (TPSA) is 29.5 Å². The van der Waals surface area contributed by atoms with Gasteiger partial charge < -0.3 is 9.64 Å². The zero-order chi connectivity index (χ0) is 19.9. The molecule has 0 radical (unpaired) electrons. The van der Waals surface area contributed by atoms with Crippen LogP contribution in [0.1, 0.15) is 22.9 Å². The molecule has 0 aliphatic carbocycles. The standard InChI is InChI=1S/C23H24ClNO2S/c1-17-13-20(24)10-11-22(17)27-16-23(26)25(15-19-7-4-3-5-8-19)18(2)14-21-9-6-12-28-21/h3-13,18H,14-16H2,1-2H3. The molecular weight excluding hydrogens is 390 g/mol. The van der Waals surface area contributed by atoms with Crippen molar-refractivity contribution in [1.29, 1.82) is 0 Å². The second-order valence-corrected chi connectivity index (χ2v) is 8.31. The summed E-state index contributed by atoms with van der Waals surface area (Å²) in [6.45, 7) is 4.58. The quantitative estimate of drug-likeness (QED) is 0.470. The molecule has 0 N–H and O–H groups in total. The molecule has 0 saturated heterocycles. The van der Waals surface area contributed by atoms with Gasteiger partial charge in [-0.05, 0) is 54.6 Å². The fourth-order valence-corrected chi connectivity index (χ4v) is 4.15. The van der Waals surface area contributed by atoms with Gasteiger partial charge in [0.2, 0.25) is 0 Å². The predicted octanol–water partition coefficient (Wildman–Crippen LogP) is 5.75. The Hall–Kier alpha value is -2.30. The molecule has 3 aromatic rings. The molecule has 0 bridgehead atoms.